The Morgan fingerprint density at radius 2 is 2.00 bits per heavy atom. The van der Waals surface area contributed by atoms with Crippen molar-refractivity contribution in [2.75, 3.05) is 17.7 Å². The molecule has 1 saturated carbocycles. The average Bonchev–Trinajstić information content (AvgIpc) is 2.75. The largest absolute Gasteiger partial charge is 0.390 e. The van der Waals surface area contributed by atoms with Crippen LogP contribution >= 0.6 is 0 Å². The number of hydrogen-bond donors (Lipinski definition) is 4. The second kappa shape index (κ2) is 9.43. The van der Waals surface area contributed by atoms with Gasteiger partial charge in [-0.1, -0.05) is 13.8 Å². The second-order valence-corrected chi connectivity index (χ2v) is 8.13. The van der Waals surface area contributed by atoms with Crippen LogP contribution in [0.1, 0.15) is 67.6 Å². The van der Waals surface area contributed by atoms with Crippen LogP contribution in [0, 0.1) is 6.92 Å². The third-order valence-corrected chi connectivity index (χ3v) is 6.07. The Hall–Kier alpha value is -2.67. The lowest BCUT2D eigenvalue weighted by molar-refractivity contribution is -0.00196. The third-order valence-electron chi connectivity index (χ3n) is 6.07. The van der Waals surface area contributed by atoms with Crippen LogP contribution in [0.3, 0.4) is 0 Å². The van der Waals surface area contributed by atoms with Gasteiger partial charge in [-0.25, -0.2) is 4.98 Å². The van der Waals surface area contributed by atoms with E-state index in [4.69, 9.17) is 4.98 Å². The van der Waals surface area contributed by atoms with Crippen LogP contribution < -0.4 is 16.0 Å². The van der Waals surface area contributed by atoms with Crippen molar-refractivity contribution < 1.29 is 9.90 Å². The zero-order valence-electron chi connectivity index (χ0n) is 18.4. The second-order valence-electron chi connectivity index (χ2n) is 8.13. The predicted octanol–water partition coefficient (Wildman–Crippen LogP) is 3.95. The van der Waals surface area contributed by atoms with E-state index in [1.54, 1.807) is 19.3 Å². The molecule has 1 fully saturated rings. The van der Waals surface area contributed by atoms with Crippen molar-refractivity contribution in [3.63, 3.8) is 0 Å². The number of nitrogens with one attached hydrogen (secondary N) is 3. The van der Waals surface area contributed by atoms with Gasteiger partial charge in [-0.3, -0.25) is 9.78 Å². The van der Waals surface area contributed by atoms with Gasteiger partial charge in [-0.2, -0.15) is 0 Å². The topological polar surface area (TPSA) is 99.2 Å². The van der Waals surface area contributed by atoms with E-state index in [2.05, 4.69) is 27.9 Å². The number of aromatic nitrogens is 2. The number of anilines is 3. The van der Waals surface area contributed by atoms with Gasteiger partial charge in [0, 0.05) is 24.3 Å². The van der Waals surface area contributed by atoms with Crippen LogP contribution in [0.5, 0.6) is 0 Å². The van der Waals surface area contributed by atoms with Gasteiger partial charge in [0.25, 0.3) is 5.91 Å². The molecule has 7 heteroatoms. The normalized spacial score (nSPS) is 21.2. The molecule has 1 aromatic heterocycles. The number of aryl methyl sites for hydroxylation is 2. The van der Waals surface area contributed by atoms with Crippen LogP contribution in [0.4, 0.5) is 17.3 Å². The van der Waals surface area contributed by atoms with Gasteiger partial charge in [0.1, 0.15) is 5.82 Å². The van der Waals surface area contributed by atoms with E-state index in [9.17, 15) is 9.90 Å². The minimum absolute atomic E-state index is 0.0971. The van der Waals surface area contributed by atoms with E-state index < -0.39 is 5.60 Å². The van der Waals surface area contributed by atoms with Gasteiger partial charge in [-0.15, -0.1) is 0 Å². The summed E-state index contributed by atoms with van der Waals surface area (Å²) in [5.41, 5.74) is 2.82. The van der Waals surface area contributed by atoms with E-state index in [0.29, 0.717) is 17.4 Å². The molecule has 0 saturated heterocycles. The first-order valence-electron chi connectivity index (χ1n) is 10.8. The number of amides is 1. The Morgan fingerprint density at radius 1 is 1.27 bits per heavy atom. The van der Waals surface area contributed by atoms with E-state index in [-0.39, 0.29) is 5.91 Å². The van der Waals surface area contributed by atoms with Crippen LogP contribution in [-0.4, -0.2) is 39.7 Å². The van der Waals surface area contributed by atoms with Crippen molar-refractivity contribution in [2.24, 2.45) is 0 Å². The van der Waals surface area contributed by atoms with E-state index >= 15 is 0 Å². The number of aliphatic hydroxyl groups is 1. The lowest BCUT2D eigenvalue weighted by Gasteiger charge is -2.36. The van der Waals surface area contributed by atoms with Crippen LogP contribution in [0.15, 0.2) is 24.4 Å². The highest BCUT2D eigenvalue weighted by Crippen LogP contribution is 2.32. The summed E-state index contributed by atoms with van der Waals surface area (Å²) in [7, 11) is 1.63. The SMILES string of the molecule is CCc1ncc(Nc2ccc(C(=O)NC)c(C)c2)nc1NC1CCC(O)(CC)CC1. The standard InChI is InChI=1S/C23H33N5O2/c1-5-19-21(27-16-9-11-23(30,6-2)12-10-16)28-20(14-25-19)26-17-7-8-18(15(3)13-17)22(29)24-4/h7-8,13-14,16,30H,5-6,9-12H2,1-4H3,(H,24,29)(H2,26,27,28). The minimum atomic E-state index is -0.514. The molecule has 162 valence electrons. The monoisotopic (exact) mass is 411 g/mol. The lowest BCUT2D eigenvalue weighted by Crippen LogP contribution is -2.38. The molecule has 0 radical (unpaired) electrons. The Kier molecular flexibility index (Phi) is 6.92. The number of carbonyl (C=O) groups excluding carboxylic acids is 1. The number of hydrogen-bond acceptors (Lipinski definition) is 6. The Balaban J connectivity index is 1.73. The average molecular weight is 412 g/mol. The van der Waals surface area contributed by atoms with Gasteiger partial charge in [0.05, 0.1) is 17.5 Å². The van der Waals surface area contributed by atoms with Gasteiger partial charge < -0.3 is 21.1 Å². The number of carbonyl (C=O) groups is 1. The molecule has 1 heterocycles. The highest BCUT2D eigenvalue weighted by molar-refractivity contribution is 5.95. The summed E-state index contributed by atoms with van der Waals surface area (Å²) in [5, 5.41) is 20.0. The van der Waals surface area contributed by atoms with Crippen molar-refractivity contribution in [1.29, 1.82) is 0 Å². The first-order chi connectivity index (χ1) is 14.4. The summed E-state index contributed by atoms with van der Waals surface area (Å²) in [4.78, 5) is 21.2. The van der Waals surface area contributed by atoms with Crippen molar-refractivity contribution >= 4 is 23.2 Å². The molecule has 0 bridgehead atoms. The maximum Gasteiger partial charge on any atom is 0.251 e. The van der Waals surface area contributed by atoms with Crippen molar-refractivity contribution in [3.8, 4) is 0 Å². The maximum absolute atomic E-state index is 11.9. The highest BCUT2D eigenvalue weighted by atomic mass is 16.3. The summed E-state index contributed by atoms with van der Waals surface area (Å²) >= 11 is 0. The molecule has 1 aliphatic carbocycles. The zero-order chi connectivity index (χ0) is 21.7. The lowest BCUT2D eigenvalue weighted by atomic mass is 9.80. The number of benzene rings is 1. The number of nitrogens with zero attached hydrogens (tertiary/aromatic N) is 2. The molecule has 2 aromatic rings. The van der Waals surface area contributed by atoms with Crippen LogP contribution in [0.25, 0.3) is 0 Å². The maximum atomic E-state index is 11.9. The van der Waals surface area contributed by atoms with Crippen molar-refractivity contribution in [3.05, 3.63) is 41.2 Å². The van der Waals surface area contributed by atoms with E-state index in [1.807, 2.05) is 26.0 Å². The molecule has 1 aliphatic rings. The van der Waals surface area contributed by atoms with E-state index in [1.165, 1.54) is 0 Å². The molecule has 0 spiro atoms. The summed E-state index contributed by atoms with van der Waals surface area (Å²) in [5.74, 6) is 1.36. The van der Waals surface area contributed by atoms with Crippen LogP contribution in [-0.2, 0) is 6.42 Å². The Labute approximate surface area is 178 Å². The van der Waals surface area contributed by atoms with Crippen molar-refractivity contribution in [1.82, 2.24) is 15.3 Å². The van der Waals surface area contributed by atoms with E-state index in [0.717, 1.165) is 61.3 Å². The van der Waals surface area contributed by atoms with Gasteiger partial charge >= 0.3 is 0 Å². The van der Waals surface area contributed by atoms with Gasteiger partial charge in [-0.05, 0) is 69.2 Å². The molecule has 0 unspecified atom stereocenters. The molecule has 1 aromatic carbocycles. The molecule has 4 N–H and O–H groups in total. The highest BCUT2D eigenvalue weighted by Gasteiger charge is 2.31. The number of rotatable bonds is 7. The quantitative estimate of drug-likeness (QED) is 0.551. The third kappa shape index (κ3) is 5.08. The molecule has 7 nitrogen and oxygen atoms in total. The summed E-state index contributed by atoms with van der Waals surface area (Å²) in [6.07, 6.45) is 6.80. The summed E-state index contributed by atoms with van der Waals surface area (Å²) in [6, 6.07) is 5.90. The minimum Gasteiger partial charge on any atom is -0.390 e. The Morgan fingerprint density at radius 3 is 2.60 bits per heavy atom. The van der Waals surface area contributed by atoms with Crippen molar-refractivity contribution in [2.45, 2.75) is 70.9 Å². The van der Waals surface area contributed by atoms with Gasteiger partial charge in [0.2, 0.25) is 0 Å². The molecular weight excluding hydrogens is 378 g/mol. The molecule has 3 rings (SSSR count). The first kappa shape index (κ1) is 22.0. The fraction of sp³-hybridized carbons (Fsp3) is 0.522. The fourth-order valence-corrected chi connectivity index (χ4v) is 3.97. The Bertz CT molecular complexity index is 891. The summed E-state index contributed by atoms with van der Waals surface area (Å²) < 4.78 is 0. The van der Waals surface area contributed by atoms with Crippen LogP contribution in [0.2, 0.25) is 0 Å². The molecular formula is C23H33N5O2. The molecule has 1 amide bonds. The zero-order valence-corrected chi connectivity index (χ0v) is 18.4. The summed E-state index contributed by atoms with van der Waals surface area (Å²) in [6.45, 7) is 6.03. The fourth-order valence-electron chi connectivity index (χ4n) is 3.97. The molecule has 0 atom stereocenters. The van der Waals surface area contributed by atoms with Gasteiger partial charge in [0.15, 0.2) is 5.82 Å². The molecule has 0 aliphatic heterocycles. The smallest absolute Gasteiger partial charge is 0.251 e. The predicted molar refractivity (Wildman–Crippen MR) is 120 cm³/mol. The first-order valence-corrected chi connectivity index (χ1v) is 10.8. The molecule has 30 heavy (non-hydrogen) atoms.